The summed E-state index contributed by atoms with van der Waals surface area (Å²) in [6, 6.07) is 9.72. The van der Waals surface area contributed by atoms with E-state index in [1.165, 1.54) is 0 Å². The van der Waals surface area contributed by atoms with Crippen molar-refractivity contribution in [2.75, 3.05) is 69.4 Å². The summed E-state index contributed by atoms with van der Waals surface area (Å²) in [6.07, 6.45) is 1.67. The molecule has 1 amide bonds. The quantitative estimate of drug-likeness (QED) is 0.788. The summed E-state index contributed by atoms with van der Waals surface area (Å²) in [7, 11) is 1.66. The molecule has 148 valence electrons. The third-order valence-corrected chi connectivity index (χ3v) is 5.16. The van der Waals surface area contributed by atoms with E-state index in [-0.39, 0.29) is 5.91 Å². The fourth-order valence-corrected chi connectivity index (χ4v) is 3.51. The van der Waals surface area contributed by atoms with E-state index in [0.717, 1.165) is 37.6 Å². The molecule has 0 aliphatic carbocycles. The van der Waals surface area contributed by atoms with Crippen LogP contribution >= 0.6 is 0 Å². The number of anilines is 2. The number of ether oxygens (including phenoxy) is 2. The number of aromatic nitrogens is 2. The number of methoxy groups -OCH3 is 1. The molecule has 2 fully saturated rings. The number of hydrogen-bond acceptors (Lipinski definition) is 7. The molecule has 1 aromatic heterocycles. The zero-order valence-electron chi connectivity index (χ0n) is 16.1. The van der Waals surface area contributed by atoms with Crippen LogP contribution < -0.4 is 14.5 Å². The second kappa shape index (κ2) is 8.43. The number of carbonyl (C=O) groups is 1. The van der Waals surface area contributed by atoms with Crippen LogP contribution in [0.1, 0.15) is 10.5 Å². The number of carbonyl (C=O) groups excluding carboxylic acids is 1. The van der Waals surface area contributed by atoms with Crippen molar-refractivity contribution >= 4 is 17.5 Å². The summed E-state index contributed by atoms with van der Waals surface area (Å²) >= 11 is 0. The molecule has 0 atom stereocenters. The minimum atomic E-state index is -0.0358. The van der Waals surface area contributed by atoms with E-state index in [2.05, 4.69) is 31.9 Å². The SMILES string of the molecule is COc1ccc(N2CCN(C(=O)c3ccnc(N4CCOCC4)n3)CC2)cc1. The maximum absolute atomic E-state index is 12.9. The van der Waals surface area contributed by atoms with Crippen LogP contribution in [0.5, 0.6) is 5.75 Å². The Morgan fingerprint density at radius 1 is 0.964 bits per heavy atom. The first-order chi connectivity index (χ1) is 13.7. The van der Waals surface area contributed by atoms with Crippen molar-refractivity contribution in [2.45, 2.75) is 0 Å². The lowest BCUT2D eigenvalue weighted by Crippen LogP contribution is -2.49. The predicted molar refractivity (Wildman–Crippen MR) is 106 cm³/mol. The topological polar surface area (TPSA) is 71.0 Å². The zero-order chi connectivity index (χ0) is 19.3. The monoisotopic (exact) mass is 383 g/mol. The van der Waals surface area contributed by atoms with Crippen LogP contribution in [0.3, 0.4) is 0 Å². The van der Waals surface area contributed by atoms with Crippen LogP contribution in [-0.4, -0.2) is 80.4 Å². The van der Waals surface area contributed by atoms with Gasteiger partial charge in [-0.05, 0) is 30.3 Å². The summed E-state index contributed by atoms with van der Waals surface area (Å²) in [4.78, 5) is 28.0. The lowest BCUT2D eigenvalue weighted by molar-refractivity contribution is 0.0740. The molecule has 2 aliphatic rings. The standard InChI is InChI=1S/C20H25N5O3/c1-27-17-4-2-16(3-5-17)23-8-10-24(11-9-23)19(26)18-6-7-21-20(22-18)25-12-14-28-15-13-25/h2-7H,8-15H2,1H3. The number of rotatable bonds is 4. The minimum absolute atomic E-state index is 0.0358. The van der Waals surface area contributed by atoms with Gasteiger partial charge >= 0.3 is 0 Å². The van der Waals surface area contributed by atoms with Gasteiger partial charge in [-0.15, -0.1) is 0 Å². The van der Waals surface area contributed by atoms with Crippen LogP contribution in [0.2, 0.25) is 0 Å². The summed E-state index contributed by atoms with van der Waals surface area (Å²) in [5.41, 5.74) is 1.60. The van der Waals surface area contributed by atoms with E-state index in [1.54, 1.807) is 19.4 Å². The van der Waals surface area contributed by atoms with E-state index in [4.69, 9.17) is 9.47 Å². The Labute approximate surface area is 164 Å². The molecule has 0 bridgehead atoms. The molecule has 4 rings (SSSR count). The Balaban J connectivity index is 1.38. The molecule has 8 heteroatoms. The van der Waals surface area contributed by atoms with E-state index in [1.807, 2.05) is 17.0 Å². The molecule has 0 unspecified atom stereocenters. The summed E-state index contributed by atoms with van der Waals surface area (Å²) < 4.78 is 10.6. The van der Waals surface area contributed by atoms with Crippen molar-refractivity contribution in [2.24, 2.45) is 0 Å². The van der Waals surface area contributed by atoms with Gasteiger partial charge in [0.05, 0.1) is 20.3 Å². The molecule has 8 nitrogen and oxygen atoms in total. The van der Waals surface area contributed by atoms with E-state index < -0.39 is 0 Å². The van der Waals surface area contributed by atoms with E-state index >= 15 is 0 Å². The van der Waals surface area contributed by atoms with E-state index in [9.17, 15) is 4.79 Å². The molecule has 2 aromatic rings. The Morgan fingerprint density at radius 2 is 1.68 bits per heavy atom. The highest BCUT2D eigenvalue weighted by atomic mass is 16.5. The first-order valence-electron chi connectivity index (χ1n) is 9.58. The number of nitrogens with zero attached hydrogens (tertiary/aromatic N) is 5. The summed E-state index contributed by atoms with van der Waals surface area (Å²) in [5, 5.41) is 0. The smallest absolute Gasteiger partial charge is 0.272 e. The van der Waals surface area contributed by atoms with Gasteiger partial charge < -0.3 is 24.2 Å². The van der Waals surface area contributed by atoms with Gasteiger partial charge in [-0.25, -0.2) is 9.97 Å². The maximum atomic E-state index is 12.9. The maximum Gasteiger partial charge on any atom is 0.272 e. The first kappa shape index (κ1) is 18.5. The van der Waals surface area contributed by atoms with Crippen LogP contribution in [0.25, 0.3) is 0 Å². The van der Waals surface area contributed by atoms with Gasteiger partial charge in [0.2, 0.25) is 5.95 Å². The first-order valence-corrected chi connectivity index (χ1v) is 9.58. The molecule has 0 radical (unpaired) electrons. The van der Waals surface area contributed by atoms with Crippen LogP contribution in [0.4, 0.5) is 11.6 Å². The molecular formula is C20H25N5O3. The molecule has 2 aliphatic heterocycles. The van der Waals surface area contributed by atoms with Gasteiger partial charge in [0.25, 0.3) is 5.91 Å². The average molecular weight is 383 g/mol. The third kappa shape index (κ3) is 4.01. The molecule has 1 aromatic carbocycles. The van der Waals surface area contributed by atoms with Crippen LogP contribution in [0, 0.1) is 0 Å². The molecule has 0 N–H and O–H groups in total. The highest BCUT2D eigenvalue weighted by Crippen LogP contribution is 2.21. The highest BCUT2D eigenvalue weighted by Gasteiger charge is 2.24. The minimum Gasteiger partial charge on any atom is -0.497 e. The zero-order valence-corrected chi connectivity index (χ0v) is 16.1. The Kier molecular flexibility index (Phi) is 5.57. The number of hydrogen-bond donors (Lipinski definition) is 0. The molecule has 28 heavy (non-hydrogen) atoms. The molecular weight excluding hydrogens is 358 g/mol. The Hall–Kier alpha value is -2.87. The summed E-state index contributed by atoms with van der Waals surface area (Å²) in [6.45, 7) is 5.74. The Bertz CT molecular complexity index is 800. The molecule has 2 saturated heterocycles. The van der Waals surface area contributed by atoms with Crippen molar-refractivity contribution in [3.63, 3.8) is 0 Å². The molecule has 0 spiro atoms. The van der Waals surface area contributed by atoms with Gasteiger partial charge in [0.1, 0.15) is 11.4 Å². The number of piperazine rings is 1. The largest absolute Gasteiger partial charge is 0.497 e. The fourth-order valence-electron chi connectivity index (χ4n) is 3.51. The lowest BCUT2D eigenvalue weighted by atomic mass is 10.2. The highest BCUT2D eigenvalue weighted by molar-refractivity contribution is 5.92. The van der Waals surface area contributed by atoms with Crippen molar-refractivity contribution in [3.05, 3.63) is 42.2 Å². The normalized spacial score (nSPS) is 17.5. The van der Waals surface area contributed by atoms with Crippen LogP contribution in [0.15, 0.2) is 36.5 Å². The van der Waals surface area contributed by atoms with Gasteiger partial charge in [0, 0.05) is 51.2 Å². The number of amides is 1. The van der Waals surface area contributed by atoms with Crippen molar-refractivity contribution in [1.29, 1.82) is 0 Å². The third-order valence-electron chi connectivity index (χ3n) is 5.16. The summed E-state index contributed by atoms with van der Waals surface area (Å²) in [5.74, 6) is 1.41. The van der Waals surface area contributed by atoms with Crippen molar-refractivity contribution in [1.82, 2.24) is 14.9 Å². The average Bonchev–Trinajstić information content (AvgIpc) is 2.79. The predicted octanol–water partition coefficient (Wildman–Crippen LogP) is 1.28. The Morgan fingerprint density at radius 3 is 2.36 bits per heavy atom. The van der Waals surface area contributed by atoms with Gasteiger partial charge in [0.15, 0.2) is 0 Å². The number of benzene rings is 1. The lowest BCUT2D eigenvalue weighted by Gasteiger charge is -2.36. The molecule has 3 heterocycles. The fraction of sp³-hybridized carbons (Fsp3) is 0.450. The van der Waals surface area contributed by atoms with Crippen molar-refractivity contribution < 1.29 is 14.3 Å². The second-order valence-corrected chi connectivity index (χ2v) is 6.82. The van der Waals surface area contributed by atoms with Gasteiger partial charge in [-0.3, -0.25) is 4.79 Å². The van der Waals surface area contributed by atoms with Gasteiger partial charge in [-0.2, -0.15) is 0 Å². The second-order valence-electron chi connectivity index (χ2n) is 6.82. The van der Waals surface area contributed by atoms with Gasteiger partial charge in [-0.1, -0.05) is 0 Å². The van der Waals surface area contributed by atoms with Crippen molar-refractivity contribution in [3.8, 4) is 5.75 Å². The molecule has 0 saturated carbocycles. The number of morpholine rings is 1. The van der Waals surface area contributed by atoms with E-state index in [0.29, 0.717) is 37.9 Å². The van der Waals surface area contributed by atoms with Crippen LogP contribution in [-0.2, 0) is 4.74 Å².